The number of nitrogens with one attached hydrogen (secondary N) is 1. The highest BCUT2D eigenvalue weighted by Gasteiger charge is 2.42. The molecule has 0 bridgehead atoms. The van der Waals surface area contributed by atoms with Gasteiger partial charge in [0.25, 0.3) is 0 Å². The zero-order chi connectivity index (χ0) is 13.8. The van der Waals surface area contributed by atoms with Crippen LogP contribution in [0.2, 0.25) is 0 Å². The summed E-state index contributed by atoms with van der Waals surface area (Å²) >= 11 is 0. The van der Waals surface area contributed by atoms with E-state index in [0.717, 1.165) is 6.42 Å². The van der Waals surface area contributed by atoms with E-state index in [2.05, 4.69) is 10.2 Å². The molecule has 1 saturated heterocycles. The maximum atomic E-state index is 11.9. The van der Waals surface area contributed by atoms with E-state index in [-0.39, 0.29) is 5.92 Å². The van der Waals surface area contributed by atoms with Crippen molar-refractivity contribution in [3.63, 3.8) is 0 Å². The lowest BCUT2D eigenvalue weighted by Gasteiger charge is -2.35. The van der Waals surface area contributed by atoms with Gasteiger partial charge in [-0.15, -0.1) is 0 Å². The number of carbonyl (C=O) groups excluding carboxylic acids is 1. The van der Waals surface area contributed by atoms with Gasteiger partial charge in [-0.1, -0.05) is 6.92 Å². The minimum absolute atomic E-state index is 0.0533. The Kier molecular flexibility index (Phi) is 4.95. The third-order valence-electron chi connectivity index (χ3n) is 3.09. The van der Waals surface area contributed by atoms with Crippen LogP contribution in [0.4, 0.5) is 4.79 Å². The Balaban J connectivity index is 2.65. The zero-order valence-electron chi connectivity index (χ0n) is 11.6. The first-order chi connectivity index (χ1) is 8.29. The second-order valence-electron chi connectivity index (χ2n) is 5.82. The summed E-state index contributed by atoms with van der Waals surface area (Å²) < 4.78 is 10.7. The predicted octanol–water partition coefficient (Wildman–Crippen LogP) is 1.20. The van der Waals surface area contributed by atoms with Crippen molar-refractivity contribution >= 4 is 6.09 Å². The van der Waals surface area contributed by atoms with Crippen molar-refractivity contribution in [1.82, 2.24) is 5.32 Å². The molecule has 1 fully saturated rings. The van der Waals surface area contributed by atoms with E-state index in [1.807, 2.05) is 27.7 Å². The molecule has 0 aromatic heterocycles. The van der Waals surface area contributed by atoms with Crippen LogP contribution in [0.25, 0.3) is 0 Å². The number of carbonyl (C=O) groups is 1. The van der Waals surface area contributed by atoms with Gasteiger partial charge in [0.15, 0.2) is 0 Å². The molecule has 2 unspecified atom stereocenters. The Labute approximate surface area is 108 Å². The van der Waals surface area contributed by atoms with E-state index in [4.69, 9.17) is 15.4 Å². The lowest BCUT2D eigenvalue weighted by Crippen LogP contribution is -2.56. The first kappa shape index (κ1) is 15.2. The number of alkyl carbamates (subject to hydrolysis) is 1. The van der Waals surface area contributed by atoms with Crippen LogP contribution in [-0.2, 0) is 14.3 Å². The molecule has 1 amide bonds. The molecule has 0 radical (unpaired) electrons. The second kappa shape index (κ2) is 5.86. The van der Waals surface area contributed by atoms with Crippen molar-refractivity contribution in [3.05, 3.63) is 0 Å². The lowest BCUT2D eigenvalue weighted by molar-refractivity contribution is 0.0250. The van der Waals surface area contributed by atoms with E-state index in [0.29, 0.717) is 19.8 Å². The van der Waals surface area contributed by atoms with Crippen LogP contribution < -0.4 is 11.2 Å². The van der Waals surface area contributed by atoms with E-state index in [1.54, 1.807) is 0 Å². The van der Waals surface area contributed by atoms with E-state index < -0.39 is 17.2 Å². The molecule has 1 aliphatic rings. The molecule has 6 heteroatoms. The lowest BCUT2D eigenvalue weighted by atomic mass is 9.85. The van der Waals surface area contributed by atoms with Crippen molar-refractivity contribution in [2.24, 2.45) is 11.8 Å². The molecule has 0 spiro atoms. The SMILES string of the molecule is CC(CON)C1(NC(=O)OC(C)(C)C)CCOC1. The van der Waals surface area contributed by atoms with Crippen molar-refractivity contribution in [2.45, 2.75) is 45.3 Å². The Morgan fingerprint density at radius 2 is 2.22 bits per heavy atom. The van der Waals surface area contributed by atoms with Gasteiger partial charge in [0.1, 0.15) is 5.60 Å². The zero-order valence-corrected chi connectivity index (χ0v) is 11.6. The minimum Gasteiger partial charge on any atom is -0.444 e. The summed E-state index contributed by atoms with van der Waals surface area (Å²) in [7, 11) is 0. The van der Waals surface area contributed by atoms with Crippen molar-refractivity contribution in [2.75, 3.05) is 19.8 Å². The predicted molar refractivity (Wildman–Crippen MR) is 66.8 cm³/mol. The van der Waals surface area contributed by atoms with Gasteiger partial charge in [0.2, 0.25) is 0 Å². The van der Waals surface area contributed by atoms with Gasteiger partial charge < -0.3 is 19.6 Å². The van der Waals surface area contributed by atoms with Crippen molar-refractivity contribution in [1.29, 1.82) is 0 Å². The molecule has 2 atom stereocenters. The van der Waals surface area contributed by atoms with Crippen LogP contribution in [0.1, 0.15) is 34.1 Å². The summed E-state index contributed by atoms with van der Waals surface area (Å²) in [5.41, 5.74) is -0.972. The molecule has 106 valence electrons. The quantitative estimate of drug-likeness (QED) is 0.742. The molecule has 1 rings (SSSR count). The highest BCUT2D eigenvalue weighted by molar-refractivity contribution is 5.69. The third kappa shape index (κ3) is 4.12. The van der Waals surface area contributed by atoms with E-state index in [1.165, 1.54) is 0 Å². The first-order valence-electron chi connectivity index (χ1n) is 6.20. The Morgan fingerprint density at radius 3 is 2.67 bits per heavy atom. The summed E-state index contributed by atoms with van der Waals surface area (Å²) in [6, 6.07) is 0. The average molecular weight is 260 g/mol. The van der Waals surface area contributed by atoms with Crippen LogP contribution in [0.3, 0.4) is 0 Å². The normalized spacial score (nSPS) is 25.8. The van der Waals surface area contributed by atoms with Gasteiger partial charge in [0.05, 0.1) is 18.8 Å². The molecule has 3 N–H and O–H groups in total. The Morgan fingerprint density at radius 1 is 1.56 bits per heavy atom. The number of hydrogen-bond donors (Lipinski definition) is 2. The minimum atomic E-state index is -0.516. The first-order valence-corrected chi connectivity index (χ1v) is 6.20. The molecular formula is C12H24N2O4. The number of amides is 1. The summed E-state index contributed by atoms with van der Waals surface area (Å²) in [6.45, 7) is 8.89. The smallest absolute Gasteiger partial charge is 0.408 e. The van der Waals surface area contributed by atoms with Crippen LogP contribution >= 0.6 is 0 Å². The standard InChI is InChI=1S/C12H24N2O4/c1-9(7-17-13)12(5-6-16-8-12)14-10(15)18-11(2,3)4/h9H,5-8,13H2,1-4H3,(H,14,15). The third-order valence-corrected chi connectivity index (χ3v) is 3.09. The van der Waals surface area contributed by atoms with Gasteiger partial charge in [-0.2, -0.15) is 0 Å². The van der Waals surface area contributed by atoms with Crippen LogP contribution in [0.15, 0.2) is 0 Å². The number of rotatable bonds is 4. The average Bonchev–Trinajstić information content (AvgIpc) is 2.64. The van der Waals surface area contributed by atoms with Crippen LogP contribution in [0, 0.1) is 5.92 Å². The molecule has 6 nitrogen and oxygen atoms in total. The maximum Gasteiger partial charge on any atom is 0.408 e. The number of hydrogen-bond acceptors (Lipinski definition) is 5. The number of nitrogens with two attached hydrogens (primary N) is 1. The van der Waals surface area contributed by atoms with E-state index >= 15 is 0 Å². The molecule has 1 heterocycles. The molecule has 0 aromatic rings. The molecule has 0 saturated carbocycles. The fourth-order valence-corrected chi connectivity index (χ4v) is 2.00. The maximum absolute atomic E-state index is 11.9. The summed E-state index contributed by atoms with van der Waals surface area (Å²) in [5.74, 6) is 5.16. The van der Waals surface area contributed by atoms with E-state index in [9.17, 15) is 4.79 Å². The monoisotopic (exact) mass is 260 g/mol. The molecular weight excluding hydrogens is 236 g/mol. The van der Waals surface area contributed by atoms with Crippen molar-refractivity contribution < 1.29 is 19.1 Å². The highest BCUT2D eigenvalue weighted by Crippen LogP contribution is 2.28. The van der Waals surface area contributed by atoms with Gasteiger partial charge in [-0.05, 0) is 27.2 Å². The largest absolute Gasteiger partial charge is 0.444 e. The molecule has 0 aliphatic carbocycles. The molecule has 1 aliphatic heterocycles. The van der Waals surface area contributed by atoms with Gasteiger partial charge in [0, 0.05) is 12.5 Å². The summed E-state index contributed by atoms with van der Waals surface area (Å²) in [4.78, 5) is 16.5. The number of ether oxygens (including phenoxy) is 2. The molecule has 18 heavy (non-hydrogen) atoms. The highest BCUT2D eigenvalue weighted by atomic mass is 16.6. The second-order valence-corrected chi connectivity index (χ2v) is 5.82. The topological polar surface area (TPSA) is 82.8 Å². The fourth-order valence-electron chi connectivity index (χ4n) is 2.00. The van der Waals surface area contributed by atoms with Crippen LogP contribution in [-0.4, -0.2) is 37.1 Å². The Hall–Kier alpha value is -0.850. The van der Waals surface area contributed by atoms with Crippen molar-refractivity contribution in [3.8, 4) is 0 Å². The van der Waals surface area contributed by atoms with Gasteiger partial charge in [-0.25, -0.2) is 10.7 Å². The fraction of sp³-hybridized carbons (Fsp3) is 0.917. The molecule has 0 aromatic carbocycles. The Bertz CT molecular complexity index is 282. The summed E-state index contributed by atoms with van der Waals surface area (Å²) in [6.07, 6.45) is 0.299. The van der Waals surface area contributed by atoms with Crippen LogP contribution in [0.5, 0.6) is 0 Å². The summed E-state index contributed by atoms with van der Waals surface area (Å²) in [5, 5.41) is 2.91. The van der Waals surface area contributed by atoms with Gasteiger partial charge >= 0.3 is 6.09 Å². The van der Waals surface area contributed by atoms with Gasteiger partial charge in [-0.3, -0.25) is 0 Å².